The Balaban J connectivity index is 2.88. The van der Waals surface area contributed by atoms with Crippen molar-refractivity contribution in [2.75, 3.05) is 0 Å². The van der Waals surface area contributed by atoms with E-state index in [1.807, 2.05) is 38.2 Å². The molecule has 0 radical (unpaired) electrons. The molecule has 11 heavy (non-hydrogen) atoms. The minimum absolute atomic E-state index is 0.287. The van der Waals surface area contributed by atoms with Gasteiger partial charge in [-0.15, -0.1) is 0 Å². The Morgan fingerprint density at radius 3 is 2.64 bits per heavy atom. The van der Waals surface area contributed by atoms with Gasteiger partial charge in [-0.3, -0.25) is 5.26 Å². The van der Waals surface area contributed by atoms with Crippen LogP contribution >= 0.6 is 0 Å². The van der Waals surface area contributed by atoms with Gasteiger partial charge in [0.05, 0.1) is 0 Å². The standard InChI is InChI=1S/C9H12O2/c1-7(2)8-5-3-4-6-9(8)11-10/h3-6,9-10H,1-2H3. The molecule has 0 saturated carbocycles. The molecule has 0 aromatic rings. The molecule has 0 heterocycles. The van der Waals surface area contributed by atoms with Crippen LogP contribution in [-0.4, -0.2) is 11.4 Å². The Kier molecular flexibility index (Phi) is 2.63. The lowest BCUT2D eigenvalue weighted by Gasteiger charge is -2.14. The Hall–Kier alpha value is -0.860. The Labute approximate surface area is 66.4 Å². The van der Waals surface area contributed by atoms with Crippen molar-refractivity contribution in [3.63, 3.8) is 0 Å². The van der Waals surface area contributed by atoms with Gasteiger partial charge in [-0.25, -0.2) is 4.89 Å². The molecule has 60 valence electrons. The summed E-state index contributed by atoms with van der Waals surface area (Å²) in [5, 5.41) is 8.49. The third-order valence-electron chi connectivity index (χ3n) is 1.67. The summed E-state index contributed by atoms with van der Waals surface area (Å²) in [6, 6.07) is 0. The zero-order valence-corrected chi connectivity index (χ0v) is 6.74. The maximum Gasteiger partial charge on any atom is 0.136 e. The van der Waals surface area contributed by atoms with Gasteiger partial charge in [0.25, 0.3) is 0 Å². The highest BCUT2D eigenvalue weighted by Crippen LogP contribution is 2.17. The molecule has 0 aromatic heterocycles. The van der Waals surface area contributed by atoms with Crippen LogP contribution in [0.1, 0.15) is 13.8 Å². The van der Waals surface area contributed by atoms with Crippen molar-refractivity contribution in [1.29, 1.82) is 0 Å². The van der Waals surface area contributed by atoms with Crippen molar-refractivity contribution in [1.82, 2.24) is 0 Å². The highest BCUT2D eigenvalue weighted by molar-refractivity contribution is 5.37. The first-order valence-electron chi connectivity index (χ1n) is 3.58. The van der Waals surface area contributed by atoms with E-state index in [2.05, 4.69) is 4.89 Å². The number of allylic oxidation sites excluding steroid dienone is 3. The monoisotopic (exact) mass is 152 g/mol. The summed E-state index contributed by atoms with van der Waals surface area (Å²) in [5.41, 5.74) is 2.18. The molecule has 1 aliphatic rings. The van der Waals surface area contributed by atoms with E-state index in [0.717, 1.165) is 11.1 Å². The molecule has 1 rings (SSSR count). The minimum Gasteiger partial charge on any atom is -0.251 e. The molecule has 1 N–H and O–H groups in total. The zero-order valence-electron chi connectivity index (χ0n) is 6.74. The smallest absolute Gasteiger partial charge is 0.136 e. The molecule has 0 amide bonds. The third kappa shape index (κ3) is 1.79. The van der Waals surface area contributed by atoms with E-state index in [1.165, 1.54) is 0 Å². The van der Waals surface area contributed by atoms with E-state index < -0.39 is 0 Å². The second-order valence-corrected chi connectivity index (χ2v) is 2.73. The highest BCUT2D eigenvalue weighted by Gasteiger charge is 2.11. The van der Waals surface area contributed by atoms with E-state index in [4.69, 9.17) is 5.26 Å². The van der Waals surface area contributed by atoms with Crippen molar-refractivity contribution in [3.8, 4) is 0 Å². The van der Waals surface area contributed by atoms with E-state index in [0.29, 0.717) is 0 Å². The average molecular weight is 152 g/mol. The summed E-state index contributed by atoms with van der Waals surface area (Å²) in [7, 11) is 0. The Morgan fingerprint density at radius 2 is 2.18 bits per heavy atom. The van der Waals surface area contributed by atoms with E-state index in [-0.39, 0.29) is 6.10 Å². The van der Waals surface area contributed by atoms with E-state index in [1.54, 1.807) is 0 Å². The fourth-order valence-electron chi connectivity index (χ4n) is 1.07. The van der Waals surface area contributed by atoms with Crippen molar-refractivity contribution in [2.24, 2.45) is 0 Å². The maximum absolute atomic E-state index is 8.49. The van der Waals surface area contributed by atoms with Crippen LogP contribution in [0.2, 0.25) is 0 Å². The van der Waals surface area contributed by atoms with Gasteiger partial charge in [-0.05, 0) is 25.5 Å². The summed E-state index contributed by atoms with van der Waals surface area (Å²) in [4.78, 5) is 4.27. The minimum atomic E-state index is -0.287. The van der Waals surface area contributed by atoms with Crippen LogP contribution in [0.4, 0.5) is 0 Å². The van der Waals surface area contributed by atoms with Crippen molar-refractivity contribution < 1.29 is 10.1 Å². The third-order valence-corrected chi connectivity index (χ3v) is 1.67. The zero-order chi connectivity index (χ0) is 8.27. The van der Waals surface area contributed by atoms with Gasteiger partial charge in [-0.1, -0.05) is 23.8 Å². The molecule has 1 aliphatic carbocycles. The number of hydrogen-bond acceptors (Lipinski definition) is 2. The Bertz CT molecular complexity index is 220. The second kappa shape index (κ2) is 3.51. The Morgan fingerprint density at radius 1 is 1.45 bits per heavy atom. The van der Waals surface area contributed by atoms with Crippen LogP contribution in [0, 0.1) is 0 Å². The molecule has 0 aromatic carbocycles. The molecule has 0 fully saturated rings. The van der Waals surface area contributed by atoms with Gasteiger partial charge in [0.2, 0.25) is 0 Å². The van der Waals surface area contributed by atoms with Crippen LogP contribution in [0.25, 0.3) is 0 Å². The van der Waals surface area contributed by atoms with Crippen molar-refractivity contribution >= 4 is 0 Å². The van der Waals surface area contributed by atoms with Crippen molar-refractivity contribution in [3.05, 3.63) is 35.5 Å². The largest absolute Gasteiger partial charge is 0.251 e. The topological polar surface area (TPSA) is 29.5 Å². The van der Waals surface area contributed by atoms with Gasteiger partial charge in [0.15, 0.2) is 0 Å². The van der Waals surface area contributed by atoms with Crippen LogP contribution in [0.15, 0.2) is 35.5 Å². The first-order valence-corrected chi connectivity index (χ1v) is 3.58. The second-order valence-electron chi connectivity index (χ2n) is 2.73. The molecule has 1 unspecified atom stereocenters. The molecule has 2 nitrogen and oxygen atoms in total. The molecule has 0 aliphatic heterocycles. The summed E-state index contributed by atoms with van der Waals surface area (Å²) in [6.07, 6.45) is 7.24. The van der Waals surface area contributed by atoms with Crippen LogP contribution < -0.4 is 0 Å². The van der Waals surface area contributed by atoms with E-state index in [9.17, 15) is 0 Å². The quantitative estimate of drug-likeness (QED) is 0.461. The predicted octanol–water partition coefficient (Wildman–Crippen LogP) is 2.31. The van der Waals surface area contributed by atoms with Crippen LogP contribution in [0.3, 0.4) is 0 Å². The lowest BCUT2D eigenvalue weighted by Crippen LogP contribution is -2.12. The lowest BCUT2D eigenvalue weighted by molar-refractivity contribution is -0.256. The molecular weight excluding hydrogens is 140 g/mol. The van der Waals surface area contributed by atoms with Crippen molar-refractivity contribution in [2.45, 2.75) is 20.0 Å². The number of hydrogen-bond donors (Lipinski definition) is 1. The fraction of sp³-hybridized carbons (Fsp3) is 0.333. The van der Waals surface area contributed by atoms with Crippen LogP contribution in [-0.2, 0) is 4.89 Å². The number of rotatable bonds is 1. The molecular formula is C9H12O2. The molecule has 0 saturated heterocycles. The normalized spacial score (nSPS) is 22.5. The predicted molar refractivity (Wildman–Crippen MR) is 44.2 cm³/mol. The molecule has 2 heteroatoms. The summed E-state index contributed by atoms with van der Waals surface area (Å²) in [5.74, 6) is 0. The lowest BCUT2D eigenvalue weighted by atomic mass is 10.0. The first-order chi connectivity index (χ1) is 5.25. The first kappa shape index (κ1) is 8.24. The van der Waals surface area contributed by atoms with Gasteiger partial charge < -0.3 is 0 Å². The maximum atomic E-state index is 8.49. The SMILES string of the molecule is CC(C)=C1C=CC=CC1OO. The fourth-order valence-corrected chi connectivity index (χ4v) is 1.07. The van der Waals surface area contributed by atoms with Gasteiger partial charge >= 0.3 is 0 Å². The molecule has 0 spiro atoms. The molecule has 0 bridgehead atoms. The van der Waals surface area contributed by atoms with Gasteiger partial charge in [0.1, 0.15) is 6.10 Å². The summed E-state index contributed by atoms with van der Waals surface area (Å²) < 4.78 is 0. The van der Waals surface area contributed by atoms with E-state index >= 15 is 0 Å². The van der Waals surface area contributed by atoms with Gasteiger partial charge in [-0.2, -0.15) is 0 Å². The van der Waals surface area contributed by atoms with Crippen LogP contribution in [0.5, 0.6) is 0 Å². The highest BCUT2D eigenvalue weighted by atomic mass is 17.1. The summed E-state index contributed by atoms with van der Waals surface area (Å²) in [6.45, 7) is 3.98. The summed E-state index contributed by atoms with van der Waals surface area (Å²) >= 11 is 0. The molecule has 1 atom stereocenters. The average Bonchev–Trinajstić information content (AvgIpc) is 2.04. The van der Waals surface area contributed by atoms with Gasteiger partial charge in [0, 0.05) is 0 Å².